The van der Waals surface area contributed by atoms with E-state index in [-0.39, 0.29) is 23.6 Å². The van der Waals surface area contributed by atoms with Crippen LogP contribution in [0.1, 0.15) is 0 Å². The van der Waals surface area contributed by atoms with Crippen molar-refractivity contribution in [3.63, 3.8) is 0 Å². The van der Waals surface area contributed by atoms with Crippen LogP contribution in [0.4, 0.5) is 5.69 Å². The number of aromatic nitrogens is 4. The van der Waals surface area contributed by atoms with Gasteiger partial charge in [0, 0.05) is 18.6 Å². The number of hydrogen-bond donors (Lipinski definition) is 1. The Morgan fingerprint density at radius 2 is 1.84 bits per heavy atom. The molecule has 0 unspecified atom stereocenters. The zero-order chi connectivity index (χ0) is 18.3. The quantitative estimate of drug-likeness (QED) is 0.588. The maximum Gasteiger partial charge on any atom is 0.332 e. The normalized spacial score (nSPS) is 11.0. The van der Waals surface area contributed by atoms with E-state index >= 15 is 0 Å². The molecule has 0 spiro atoms. The number of imidazole rings is 1. The fourth-order valence-electron chi connectivity index (χ4n) is 2.50. The molecule has 1 amide bonds. The number of anilines is 1. The van der Waals surface area contributed by atoms with E-state index in [1.54, 1.807) is 12.1 Å². The van der Waals surface area contributed by atoms with Crippen molar-refractivity contribution >= 4 is 54.6 Å². The summed E-state index contributed by atoms with van der Waals surface area (Å²) < 4.78 is 4.79. The van der Waals surface area contributed by atoms with E-state index in [0.29, 0.717) is 10.4 Å². The summed E-state index contributed by atoms with van der Waals surface area (Å²) in [6.07, 6.45) is 0. The second-order valence-electron chi connectivity index (χ2n) is 5.37. The molecular weight excluding hydrogens is 458 g/mol. The van der Waals surface area contributed by atoms with Crippen LogP contribution in [-0.2, 0) is 25.4 Å². The van der Waals surface area contributed by atoms with Crippen LogP contribution in [0.25, 0.3) is 11.2 Å². The van der Waals surface area contributed by atoms with E-state index in [2.05, 4.69) is 42.2 Å². The van der Waals surface area contributed by atoms with Crippen LogP contribution in [0.15, 0.2) is 43.1 Å². The molecule has 3 aromatic rings. The van der Waals surface area contributed by atoms with Gasteiger partial charge in [0.25, 0.3) is 5.56 Å². The fourth-order valence-corrected chi connectivity index (χ4v) is 3.35. The number of aryl methyl sites for hydroxylation is 1. The van der Waals surface area contributed by atoms with Gasteiger partial charge in [0.2, 0.25) is 5.91 Å². The van der Waals surface area contributed by atoms with E-state index in [4.69, 9.17) is 0 Å². The Kier molecular flexibility index (Phi) is 4.65. The van der Waals surface area contributed by atoms with Gasteiger partial charge in [-0.1, -0.05) is 12.1 Å². The number of nitrogens with zero attached hydrogens (tertiary/aromatic N) is 4. The first kappa shape index (κ1) is 17.6. The molecule has 0 aliphatic heterocycles. The van der Waals surface area contributed by atoms with Crippen molar-refractivity contribution in [2.45, 2.75) is 6.54 Å². The smallest absolute Gasteiger partial charge is 0.324 e. The van der Waals surface area contributed by atoms with E-state index in [9.17, 15) is 14.4 Å². The Morgan fingerprint density at radius 3 is 2.52 bits per heavy atom. The van der Waals surface area contributed by atoms with Crippen LogP contribution in [-0.4, -0.2) is 24.6 Å². The van der Waals surface area contributed by atoms with Gasteiger partial charge in [-0.2, -0.15) is 0 Å². The Hall–Kier alpha value is -2.20. The highest BCUT2D eigenvalue weighted by molar-refractivity contribution is 9.10. The van der Waals surface area contributed by atoms with Crippen LogP contribution < -0.4 is 16.6 Å². The molecule has 0 saturated heterocycles. The Morgan fingerprint density at radius 1 is 1.16 bits per heavy atom. The summed E-state index contributed by atoms with van der Waals surface area (Å²) in [5, 5.41) is 2.77. The van der Waals surface area contributed by atoms with Crippen molar-refractivity contribution in [3.05, 3.63) is 54.3 Å². The van der Waals surface area contributed by atoms with Crippen LogP contribution in [0.3, 0.4) is 0 Å². The van der Waals surface area contributed by atoms with Crippen LogP contribution in [0, 0.1) is 0 Å². The molecular formula is C15H13Br2N5O3. The fraction of sp³-hybridized carbons (Fsp3) is 0.200. The van der Waals surface area contributed by atoms with Gasteiger partial charge in [-0.25, -0.2) is 9.78 Å². The maximum absolute atomic E-state index is 12.4. The summed E-state index contributed by atoms with van der Waals surface area (Å²) in [5.41, 5.74) is 0.0198. The molecule has 130 valence electrons. The number of benzene rings is 1. The number of fused-ring (bicyclic) bond motifs is 1. The highest BCUT2D eigenvalue weighted by Gasteiger charge is 2.19. The Balaban J connectivity index is 2.04. The Labute approximate surface area is 158 Å². The highest BCUT2D eigenvalue weighted by Crippen LogP contribution is 2.22. The van der Waals surface area contributed by atoms with Gasteiger partial charge in [-0.15, -0.1) is 0 Å². The molecule has 0 atom stereocenters. The summed E-state index contributed by atoms with van der Waals surface area (Å²) in [4.78, 5) is 40.9. The van der Waals surface area contributed by atoms with Crippen molar-refractivity contribution in [2.75, 3.05) is 5.32 Å². The van der Waals surface area contributed by atoms with Gasteiger partial charge in [0.1, 0.15) is 6.54 Å². The third-order valence-corrected chi connectivity index (χ3v) is 5.04. The molecule has 3 rings (SSSR count). The van der Waals surface area contributed by atoms with Gasteiger partial charge in [0.15, 0.2) is 15.9 Å². The van der Waals surface area contributed by atoms with Gasteiger partial charge in [0.05, 0.1) is 5.69 Å². The van der Waals surface area contributed by atoms with Gasteiger partial charge < -0.3 is 5.32 Å². The summed E-state index contributed by atoms with van der Waals surface area (Å²) in [5.74, 6) is -0.319. The largest absolute Gasteiger partial charge is 0.332 e. The molecule has 0 aliphatic carbocycles. The number of halogens is 2. The lowest BCUT2D eigenvalue weighted by Gasteiger charge is -2.11. The molecule has 0 fully saturated rings. The minimum Gasteiger partial charge on any atom is -0.324 e. The zero-order valence-corrected chi connectivity index (χ0v) is 16.5. The summed E-state index contributed by atoms with van der Waals surface area (Å²) in [6, 6.07) is 7.21. The van der Waals surface area contributed by atoms with Crippen molar-refractivity contribution in [3.8, 4) is 0 Å². The van der Waals surface area contributed by atoms with Gasteiger partial charge >= 0.3 is 5.69 Å². The first-order valence-electron chi connectivity index (χ1n) is 7.17. The minimum absolute atomic E-state index is 0.112. The number of amides is 1. The molecule has 10 heteroatoms. The third kappa shape index (κ3) is 3.07. The number of para-hydroxylation sites is 1. The lowest BCUT2D eigenvalue weighted by Crippen LogP contribution is -2.37. The molecule has 2 aromatic heterocycles. The van der Waals surface area contributed by atoms with Gasteiger partial charge in [-0.05, 0) is 44.0 Å². The Bertz CT molecular complexity index is 1110. The average molecular weight is 471 g/mol. The predicted molar refractivity (Wildman–Crippen MR) is 101 cm³/mol. The first-order valence-corrected chi connectivity index (χ1v) is 8.76. The molecule has 2 heterocycles. The minimum atomic E-state index is -0.510. The molecule has 8 nitrogen and oxygen atoms in total. The number of carbonyl (C=O) groups excluding carboxylic acids is 1. The molecule has 0 radical (unpaired) electrons. The van der Waals surface area contributed by atoms with Crippen LogP contribution in [0.5, 0.6) is 0 Å². The number of hydrogen-bond acceptors (Lipinski definition) is 4. The molecule has 25 heavy (non-hydrogen) atoms. The van der Waals surface area contributed by atoms with E-state index in [1.807, 2.05) is 12.1 Å². The van der Waals surface area contributed by atoms with E-state index in [1.165, 1.54) is 23.2 Å². The molecule has 0 aliphatic rings. The zero-order valence-electron chi connectivity index (χ0n) is 13.3. The topological polar surface area (TPSA) is 90.9 Å². The van der Waals surface area contributed by atoms with Crippen molar-refractivity contribution in [1.82, 2.24) is 18.7 Å². The second kappa shape index (κ2) is 6.60. The average Bonchev–Trinajstić information content (AvgIpc) is 2.90. The van der Waals surface area contributed by atoms with Crippen LogP contribution >= 0.6 is 31.9 Å². The van der Waals surface area contributed by atoms with E-state index in [0.717, 1.165) is 9.04 Å². The maximum atomic E-state index is 12.4. The SMILES string of the molecule is Cn1c(=O)c2nc(Br)n(CC(=O)Nc3ccccc3Br)c2n(C)c1=O. The van der Waals surface area contributed by atoms with Crippen LogP contribution in [0.2, 0.25) is 0 Å². The monoisotopic (exact) mass is 469 g/mol. The lowest BCUT2D eigenvalue weighted by molar-refractivity contribution is -0.116. The third-order valence-electron chi connectivity index (χ3n) is 3.74. The van der Waals surface area contributed by atoms with Gasteiger partial charge in [-0.3, -0.25) is 23.3 Å². The van der Waals surface area contributed by atoms with Crippen molar-refractivity contribution < 1.29 is 4.79 Å². The lowest BCUT2D eigenvalue weighted by atomic mass is 10.3. The molecule has 0 saturated carbocycles. The summed E-state index contributed by atoms with van der Waals surface area (Å²) >= 11 is 6.62. The first-order chi connectivity index (χ1) is 11.8. The van der Waals surface area contributed by atoms with Crippen molar-refractivity contribution in [1.29, 1.82) is 0 Å². The number of carbonyl (C=O) groups is 1. The molecule has 0 bridgehead atoms. The summed E-state index contributed by atoms with van der Waals surface area (Å²) in [7, 11) is 2.91. The standard InChI is InChI=1S/C15H13Br2N5O3/c1-20-12-11(13(24)21(2)15(20)25)19-14(17)22(12)7-10(23)18-9-6-4-3-5-8(9)16/h3-6H,7H2,1-2H3,(H,18,23). The van der Waals surface area contributed by atoms with E-state index < -0.39 is 11.2 Å². The number of nitrogens with one attached hydrogen (secondary N) is 1. The number of rotatable bonds is 3. The second-order valence-corrected chi connectivity index (χ2v) is 6.94. The molecule has 1 aromatic carbocycles. The molecule has 1 N–H and O–H groups in total. The highest BCUT2D eigenvalue weighted by atomic mass is 79.9. The summed E-state index contributed by atoms with van der Waals surface area (Å²) in [6.45, 7) is -0.112. The van der Waals surface area contributed by atoms with Crippen molar-refractivity contribution in [2.24, 2.45) is 14.1 Å². The predicted octanol–water partition coefficient (Wildman–Crippen LogP) is 1.60.